The molecule has 6 heteroatoms. The van der Waals surface area contributed by atoms with Crippen molar-refractivity contribution in [2.45, 2.75) is 12.1 Å². The van der Waals surface area contributed by atoms with Gasteiger partial charge in [0.15, 0.2) is 0 Å². The van der Waals surface area contributed by atoms with Crippen LogP contribution in [0.1, 0.15) is 22.6 Å². The van der Waals surface area contributed by atoms with Gasteiger partial charge in [-0.3, -0.25) is 0 Å². The van der Waals surface area contributed by atoms with Gasteiger partial charge < -0.3 is 5.43 Å². The Balaban J connectivity index is 1.95. The Hall–Kier alpha value is -2.37. The van der Waals surface area contributed by atoms with E-state index in [1.165, 1.54) is 18.2 Å². The predicted molar refractivity (Wildman–Crippen MR) is 75.1 cm³/mol. The number of halogens is 4. The fraction of sp³-hybridized carbons (Fsp3) is 0.188. The highest BCUT2D eigenvalue weighted by atomic mass is 19.4. The molecule has 0 saturated carbocycles. The summed E-state index contributed by atoms with van der Waals surface area (Å²) < 4.78 is 51.5. The smallest absolute Gasteiger partial charge is 0.309 e. The van der Waals surface area contributed by atoms with E-state index < -0.39 is 11.7 Å². The first-order valence-electron chi connectivity index (χ1n) is 6.69. The Morgan fingerprint density at radius 2 is 1.77 bits per heavy atom. The summed E-state index contributed by atoms with van der Waals surface area (Å²) in [7, 11) is 0. The van der Waals surface area contributed by atoms with E-state index in [0.717, 1.165) is 17.7 Å². The van der Waals surface area contributed by atoms with Gasteiger partial charge in [-0.25, -0.2) is 4.39 Å². The summed E-state index contributed by atoms with van der Waals surface area (Å²) in [5, 5.41) is 4.11. The largest absolute Gasteiger partial charge is 0.416 e. The van der Waals surface area contributed by atoms with E-state index in [4.69, 9.17) is 0 Å². The number of hydrogen-bond acceptors (Lipinski definition) is 2. The van der Waals surface area contributed by atoms with Crippen LogP contribution in [0.2, 0.25) is 0 Å². The minimum Gasteiger partial charge on any atom is -0.309 e. The molecule has 0 amide bonds. The van der Waals surface area contributed by atoms with Crippen LogP contribution in [0.15, 0.2) is 53.6 Å². The van der Waals surface area contributed by atoms with Crippen molar-refractivity contribution in [3.05, 3.63) is 71.0 Å². The molecular weight excluding hydrogens is 296 g/mol. The van der Waals surface area contributed by atoms with Gasteiger partial charge in [0.05, 0.1) is 11.3 Å². The van der Waals surface area contributed by atoms with Gasteiger partial charge >= 0.3 is 6.18 Å². The highest BCUT2D eigenvalue weighted by Crippen LogP contribution is 2.31. The Bertz CT molecular complexity index is 705. The number of rotatable bonds is 2. The quantitative estimate of drug-likeness (QED) is 0.835. The van der Waals surface area contributed by atoms with E-state index in [1.54, 1.807) is 18.2 Å². The van der Waals surface area contributed by atoms with Crippen molar-refractivity contribution < 1.29 is 17.6 Å². The SMILES string of the molecule is Fc1ccc([C@H]2CNN=C2c2cccc(C(F)(F)F)c2)cc1. The molecule has 1 aliphatic rings. The molecule has 22 heavy (non-hydrogen) atoms. The van der Waals surface area contributed by atoms with Gasteiger partial charge in [-0.15, -0.1) is 0 Å². The van der Waals surface area contributed by atoms with E-state index in [-0.39, 0.29) is 11.7 Å². The Kier molecular flexibility index (Phi) is 3.60. The van der Waals surface area contributed by atoms with Crippen LogP contribution in [0.25, 0.3) is 0 Å². The third-order valence-electron chi connectivity index (χ3n) is 3.58. The normalized spacial score (nSPS) is 18.0. The molecule has 0 bridgehead atoms. The van der Waals surface area contributed by atoms with Crippen molar-refractivity contribution in [2.75, 3.05) is 6.54 Å². The van der Waals surface area contributed by atoms with Gasteiger partial charge in [-0.1, -0.05) is 24.3 Å². The van der Waals surface area contributed by atoms with E-state index in [0.29, 0.717) is 17.8 Å². The minimum atomic E-state index is -4.39. The topological polar surface area (TPSA) is 24.4 Å². The molecule has 0 aliphatic carbocycles. The maximum atomic E-state index is 13.0. The van der Waals surface area contributed by atoms with Crippen LogP contribution in [0.5, 0.6) is 0 Å². The second-order valence-corrected chi connectivity index (χ2v) is 5.04. The van der Waals surface area contributed by atoms with Gasteiger partial charge in [-0.05, 0) is 35.4 Å². The van der Waals surface area contributed by atoms with Gasteiger partial charge in [0.25, 0.3) is 0 Å². The van der Waals surface area contributed by atoms with Crippen molar-refractivity contribution in [1.82, 2.24) is 5.43 Å². The molecule has 1 aliphatic heterocycles. The molecule has 114 valence electrons. The molecule has 0 saturated heterocycles. The number of benzene rings is 2. The van der Waals surface area contributed by atoms with Crippen molar-refractivity contribution >= 4 is 5.71 Å². The molecular formula is C16H12F4N2. The van der Waals surface area contributed by atoms with Crippen LogP contribution in [-0.4, -0.2) is 12.3 Å². The van der Waals surface area contributed by atoms with Crippen molar-refractivity contribution in [1.29, 1.82) is 0 Å². The monoisotopic (exact) mass is 308 g/mol. The zero-order chi connectivity index (χ0) is 15.7. The highest BCUT2D eigenvalue weighted by molar-refractivity contribution is 6.06. The minimum absolute atomic E-state index is 0.205. The van der Waals surface area contributed by atoms with Crippen LogP contribution < -0.4 is 5.43 Å². The second-order valence-electron chi connectivity index (χ2n) is 5.04. The van der Waals surface area contributed by atoms with Gasteiger partial charge in [0, 0.05) is 12.5 Å². The van der Waals surface area contributed by atoms with Crippen LogP contribution in [0.4, 0.5) is 17.6 Å². The van der Waals surface area contributed by atoms with Crippen LogP contribution >= 0.6 is 0 Å². The van der Waals surface area contributed by atoms with Gasteiger partial charge in [0.2, 0.25) is 0 Å². The summed E-state index contributed by atoms with van der Waals surface area (Å²) >= 11 is 0. The van der Waals surface area contributed by atoms with Crippen LogP contribution in [-0.2, 0) is 6.18 Å². The van der Waals surface area contributed by atoms with E-state index >= 15 is 0 Å². The fourth-order valence-electron chi connectivity index (χ4n) is 2.49. The van der Waals surface area contributed by atoms with Crippen LogP contribution in [0.3, 0.4) is 0 Å². The lowest BCUT2D eigenvalue weighted by Crippen LogP contribution is -2.15. The molecule has 0 spiro atoms. The summed E-state index contributed by atoms with van der Waals surface area (Å²) in [5.41, 5.74) is 3.84. The first-order chi connectivity index (χ1) is 10.4. The first-order valence-corrected chi connectivity index (χ1v) is 6.69. The number of hydrazone groups is 1. The summed E-state index contributed by atoms with van der Waals surface area (Å²) in [5.74, 6) is -0.559. The third kappa shape index (κ3) is 2.81. The zero-order valence-electron chi connectivity index (χ0n) is 11.4. The van der Waals surface area contributed by atoms with Crippen molar-refractivity contribution in [3.8, 4) is 0 Å². The third-order valence-corrected chi connectivity index (χ3v) is 3.58. The van der Waals surface area contributed by atoms with Crippen LogP contribution in [0, 0.1) is 5.82 Å². The van der Waals surface area contributed by atoms with E-state index in [1.807, 2.05) is 0 Å². The van der Waals surface area contributed by atoms with E-state index in [2.05, 4.69) is 10.5 Å². The average molecular weight is 308 g/mol. The molecule has 0 aromatic heterocycles. The molecule has 0 radical (unpaired) electrons. The predicted octanol–water partition coefficient (Wildman–Crippen LogP) is 3.94. The zero-order valence-corrected chi connectivity index (χ0v) is 11.4. The molecule has 1 atom stereocenters. The summed E-state index contributed by atoms with van der Waals surface area (Å²) in [6, 6.07) is 11.0. The average Bonchev–Trinajstić information content (AvgIpc) is 2.97. The van der Waals surface area contributed by atoms with Crippen molar-refractivity contribution in [3.63, 3.8) is 0 Å². The molecule has 0 fully saturated rings. The molecule has 2 nitrogen and oxygen atoms in total. The molecule has 2 aromatic rings. The molecule has 1 N–H and O–H groups in total. The Morgan fingerprint density at radius 1 is 1.05 bits per heavy atom. The summed E-state index contributed by atoms with van der Waals surface area (Å²) in [6.45, 7) is 0.469. The first kappa shape index (κ1) is 14.6. The number of nitrogens with zero attached hydrogens (tertiary/aromatic N) is 1. The fourth-order valence-corrected chi connectivity index (χ4v) is 2.49. The second kappa shape index (κ2) is 5.44. The molecule has 1 heterocycles. The maximum absolute atomic E-state index is 13.0. The molecule has 2 aromatic carbocycles. The Morgan fingerprint density at radius 3 is 2.45 bits per heavy atom. The summed E-state index contributed by atoms with van der Waals surface area (Å²) in [6.07, 6.45) is -4.39. The Labute approximate surface area is 124 Å². The standard InChI is InChI=1S/C16H12F4N2/c17-13-6-4-10(5-7-13)14-9-21-22-15(14)11-2-1-3-12(8-11)16(18,19)20/h1-8,14,21H,9H2/t14-/m1/s1. The lowest BCUT2D eigenvalue weighted by atomic mass is 9.90. The summed E-state index contributed by atoms with van der Waals surface area (Å²) in [4.78, 5) is 0. The van der Waals surface area contributed by atoms with E-state index in [9.17, 15) is 17.6 Å². The van der Waals surface area contributed by atoms with Gasteiger partial charge in [0.1, 0.15) is 5.82 Å². The number of nitrogens with one attached hydrogen (secondary N) is 1. The number of hydrogen-bond donors (Lipinski definition) is 1. The maximum Gasteiger partial charge on any atom is 0.416 e. The van der Waals surface area contributed by atoms with Gasteiger partial charge in [-0.2, -0.15) is 18.3 Å². The lowest BCUT2D eigenvalue weighted by Gasteiger charge is -2.14. The number of alkyl halides is 3. The van der Waals surface area contributed by atoms with Crippen molar-refractivity contribution in [2.24, 2.45) is 5.10 Å². The lowest BCUT2D eigenvalue weighted by molar-refractivity contribution is -0.137. The highest BCUT2D eigenvalue weighted by Gasteiger charge is 2.32. The molecule has 0 unspecified atom stereocenters. The molecule has 3 rings (SSSR count).